The maximum atomic E-state index is 12.2. The van der Waals surface area contributed by atoms with Crippen LogP contribution < -0.4 is 10.1 Å². The minimum Gasteiger partial charge on any atom is -0.492 e. The Kier molecular flexibility index (Phi) is 4.27. The molecule has 0 bridgehead atoms. The Balaban J connectivity index is 2.03. The summed E-state index contributed by atoms with van der Waals surface area (Å²) in [7, 11) is 0. The molecule has 5 nitrogen and oxygen atoms in total. The lowest BCUT2D eigenvalue weighted by Crippen LogP contribution is -2.48. The fourth-order valence-corrected chi connectivity index (χ4v) is 2.28. The van der Waals surface area contributed by atoms with Crippen LogP contribution in [-0.4, -0.2) is 29.6 Å². The Hall–Kier alpha value is -2.04. The smallest absolute Gasteiger partial charge is 0.326 e. The van der Waals surface area contributed by atoms with Crippen molar-refractivity contribution in [1.82, 2.24) is 5.32 Å². The van der Waals surface area contributed by atoms with Gasteiger partial charge in [0.1, 0.15) is 18.4 Å². The van der Waals surface area contributed by atoms with Crippen LogP contribution in [0.3, 0.4) is 0 Å². The summed E-state index contributed by atoms with van der Waals surface area (Å²) in [5, 5.41) is 11.7. The van der Waals surface area contributed by atoms with E-state index in [0.717, 1.165) is 11.3 Å². The zero-order valence-electron chi connectivity index (χ0n) is 11.6. The normalized spacial score (nSPS) is 18.9. The SMILES string of the molecule is CC(C)[C@H](NC(=O)C1COc2ccccc2C1)C(=O)O. The topological polar surface area (TPSA) is 75.6 Å². The lowest BCUT2D eigenvalue weighted by Gasteiger charge is -2.26. The Morgan fingerprint density at radius 1 is 1.35 bits per heavy atom. The monoisotopic (exact) mass is 277 g/mol. The highest BCUT2D eigenvalue weighted by Crippen LogP contribution is 2.26. The van der Waals surface area contributed by atoms with Crippen LogP contribution in [0.25, 0.3) is 0 Å². The van der Waals surface area contributed by atoms with Gasteiger partial charge in [0, 0.05) is 0 Å². The number of benzene rings is 1. The van der Waals surface area contributed by atoms with Gasteiger partial charge in [-0.1, -0.05) is 32.0 Å². The summed E-state index contributed by atoms with van der Waals surface area (Å²) in [6, 6.07) is 6.72. The third-order valence-electron chi connectivity index (χ3n) is 3.48. The van der Waals surface area contributed by atoms with Crippen LogP contribution in [0.15, 0.2) is 24.3 Å². The Labute approximate surface area is 117 Å². The summed E-state index contributed by atoms with van der Waals surface area (Å²) in [6.45, 7) is 3.82. The lowest BCUT2D eigenvalue weighted by atomic mass is 9.95. The molecular weight excluding hydrogens is 258 g/mol. The molecule has 0 fully saturated rings. The van der Waals surface area contributed by atoms with E-state index in [1.54, 1.807) is 13.8 Å². The van der Waals surface area contributed by atoms with Crippen molar-refractivity contribution in [2.24, 2.45) is 11.8 Å². The molecule has 2 atom stereocenters. The van der Waals surface area contributed by atoms with Crippen LogP contribution in [0.5, 0.6) is 5.75 Å². The zero-order chi connectivity index (χ0) is 14.7. The van der Waals surface area contributed by atoms with Crippen LogP contribution in [0.4, 0.5) is 0 Å². The second-order valence-corrected chi connectivity index (χ2v) is 5.39. The molecule has 2 rings (SSSR count). The van der Waals surface area contributed by atoms with E-state index in [1.165, 1.54) is 0 Å². The molecule has 5 heteroatoms. The average Bonchev–Trinajstić information content (AvgIpc) is 2.43. The van der Waals surface area contributed by atoms with Gasteiger partial charge in [0.2, 0.25) is 5.91 Å². The van der Waals surface area contributed by atoms with E-state index < -0.39 is 12.0 Å². The average molecular weight is 277 g/mol. The number of para-hydroxylation sites is 1. The number of hydrogen-bond donors (Lipinski definition) is 2. The summed E-state index contributed by atoms with van der Waals surface area (Å²) < 4.78 is 5.55. The third-order valence-corrected chi connectivity index (χ3v) is 3.48. The molecule has 0 aliphatic carbocycles. The highest BCUT2D eigenvalue weighted by atomic mass is 16.5. The number of carboxylic acid groups (broad SMARTS) is 1. The van der Waals surface area contributed by atoms with Gasteiger partial charge in [0.05, 0.1) is 5.92 Å². The van der Waals surface area contributed by atoms with E-state index >= 15 is 0 Å². The minimum atomic E-state index is -1.01. The summed E-state index contributed by atoms with van der Waals surface area (Å²) in [6.07, 6.45) is 0.576. The fraction of sp³-hybridized carbons (Fsp3) is 0.467. The van der Waals surface area contributed by atoms with Crippen molar-refractivity contribution in [1.29, 1.82) is 0 Å². The van der Waals surface area contributed by atoms with Crippen molar-refractivity contribution in [3.8, 4) is 5.75 Å². The number of nitrogens with one attached hydrogen (secondary N) is 1. The molecule has 1 unspecified atom stereocenters. The zero-order valence-corrected chi connectivity index (χ0v) is 11.6. The van der Waals surface area contributed by atoms with E-state index in [0.29, 0.717) is 6.42 Å². The lowest BCUT2D eigenvalue weighted by molar-refractivity contribution is -0.144. The maximum absolute atomic E-state index is 12.2. The second kappa shape index (κ2) is 5.94. The predicted molar refractivity (Wildman–Crippen MR) is 73.5 cm³/mol. The van der Waals surface area contributed by atoms with Gasteiger partial charge in [-0.3, -0.25) is 4.79 Å². The van der Waals surface area contributed by atoms with E-state index in [-0.39, 0.29) is 24.3 Å². The molecule has 20 heavy (non-hydrogen) atoms. The molecule has 2 N–H and O–H groups in total. The Morgan fingerprint density at radius 3 is 2.70 bits per heavy atom. The molecule has 0 spiro atoms. The van der Waals surface area contributed by atoms with E-state index in [2.05, 4.69) is 5.32 Å². The number of fused-ring (bicyclic) bond motifs is 1. The van der Waals surface area contributed by atoms with Gasteiger partial charge in [0.25, 0.3) is 0 Å². The minimum absolute atomic E-state index is 0.159. The van der Waals surface area contributed by atoms with E-state index in [4.69, 9.17) is 9.84 Å². The molecule has 1 aliphatic rings. The van der Waals surface area contributed by atoms with Crippen molar-refractivity contribution in [2.45, 2.75) is 26.3 Å². The van der Waals surface area contributed by atoms with Crippen molar-refractivity contribution >= 4 is 11.9 Å². The molecule has 1 amide bonds. The summed E-state index contributed by atoms with van der Waals surface area (Å²) in [5.41, 5.74) is 0.982. The number of hydrogen-bond acceptors (Lipinski definition) is 3. The molecule has 1 aliphatic heterocycles. The molecule has 108 valence electrons. The Bertz CT molecular complexity index is 512. The quantitative estimate of drug-likeness (QED) is 0.873. The third kappa shape index (κ3) is 3.10. The van der Waals surface area contributed by atoms with Crippen LogP contribution in [0, 0.1) is 11.8 Å². The van der Waals surface area contributed by atoms with Crippen molar-refractivity contribution in [2.75, 3.05) is 6.61 Å². The number of carbonyl (C=O) groups excluding carboxylic acids is 1. The highest BCUT2D eigenvalue weighted by molar-refractivity contribution is 5.85. The first-order valence-corrected chi connectivity index (χ1v) is 6.73. The van der Waals surface area contributed by atoms with Crippen LogP contribution in [0.1, 0.15) is 19.4 Å². The fourth-order valence-electron chi connectivity index (χ4n) is 2.28. The first-order valence-electron chi connectivity index (χ1n) is 6.73. The highest BCUT2D eigenvalue weighted by Gasteiger charge is 2.30. The number of rotatable bonds is 4. The molecule has 0 radical (unpaired) electrons. The van der Waals surface area contributed by atoms with Gasteiger partial charge < -0.3 is 15.2 Å². The number of ether oxygens (including phenoxy) is 1. The molecule has 0 saturated carbocycles. The van der Waals surface area contributed by atoms with Crippen LogP contribution in [0.2, 0.25) is 0 Å². The van der Waals surface area contributed by atoms with Crippen LogP contribution in [-0.2, 0) is 16.0 Å². The standard InChI is InChI=1S/C15H19NO4/c1-9(2)13(15(18)19)16-14(17)11-7-10-5-3-4-6-12(10)20-8-11/h3-6,9,11,13H,7-8H2,1-2H3,(H,16,17)(H,18,19)/t11?,13-/m0/s1. The van der Waals surface area contributed by atoms with Gasteiger partial charge in [-0.15, -0.1) is 0 Å². The molecule has 0 saturated heterocycles. The van der Waals surface area contributed by atoms with Crippen molar-refractivity contribution in [3.63, 3.8) is 0 Å². The van der Waals surface area contributed by atoms with Gasteiger partial charge in [-0.25, -0.2) is 4.79 Å². The van der Waals surface area contributed by atoms with Gasteiger partial charge in [-0.2, -0.15) is 0 Å². The van der Waals surface area contributed by atoms with Gasteiger partial charge >= 0.3 is 5.97 Å². The number of aliphatic carboxylic acids is 1. The van der Waals surface area contributed by atoms with Crippen molar-refractivity contribution < 1.29 is 19.4 Å². The molecule has 1 aromatic carbocycles. The number of carbonyl (C=O) groups is 2. The largest absolute Gasteiger partial charge is 0.492 e. The molecule has 1 heterocycles. The number of carboxylic acids is 1. The van der Waals surface area contributed by atoms with Gasteiger partial charge in [-0.05, 0) is 24.0 Å². The Morgan fingerprint density at radius 2 is 2.05 bits per heavy atom. The first kappa shape index (κ1) is 14.4. The summed E-state index contributed by atoms with van der Waals surface area (Å²) in [5.74, 6) is -0.972. The number of amides is 1. The maximum Gasteiger partial charge on any atom is 0.326 e. The van der Waals surface area contributed by atoms with E-state index in [1.807, 2.05) is 24.3 Å². The first-order chi connectivity index (χ1) is 9.49. The molecule has 1 aromatic rings. The second-order valence-electron chi connectivity index (χ2n) is 5.39. The van der Waals surface area contributed by atoms with Gasteiger partial charge in [0.15, 0.2) is 0 Å². The summed E-state index contributed by atoms with van der Waals surface area (Å²) in [4.78, 5) is 23.3. The van der Waals surface area contributed by atoms with Crippen LogP contribution >= 0.6 is 0 Å². The molecule has 0 aromatic heterocycles. The predicted octanol–water partition coefficient (Wildman–Crippen LogP) is 1.46. The molecular formula is C15H19NO4. The van der Waals surface area contributed by atoms with E-state index in [9.17, 15) is 9.59 Å². The van der Waals surface area contributed by atoms with Crippen molar-refractivity contribution in [3.05, 3.63) is 29.8 Å². The summed E-state index contributed by atoms with van der Waals surface area (Å²) >= 11 is 0.